The van der Waals surface area contributed by atoms with Gasteiger partial charge in [-0.05, 0) is 61.9 Å². The number of carboxylic acid groups (broad SMARTS) is 1. The maximum atomic E-state index is 14.3. The zero-order chi connectivity index (χ0) is 26.8. The monoisotopic (exact) mass is 543 g/mol. The highest BCUT2D eigenvalue weighted by Crippen LogP contribution is 2.31. The molecule has 1 aromatic heterocycles. The van der Waals surface area contributed by atoms with Gasteiger partial charge in [-0.1, -0.05) is 29.8 Å². The third kappa shape index (κ3) is 5.94. The molecule has 0 spiro atoms. The van der Waals surface area contributed by atoms with E-state index in [9.17, 15) is 14.0 Å². The van der Waals surface area contributed by atoms with E-state index in [1.54, 1.807) is 23.1 Å². The van der Waals surface area contributed by atoms with Crippen LogP contribution in [0.5, 0.6) is 0 Å². The molecule has 1 amide bonds. The zero-order valence-electron chi connectivity index (χ0n) is 21.2. The largest absolute Gasteiger partial charge is 0.481 e. The molecule has 2 fully saturated rings. The fraction of sp³-hybridized carbons (Fsp3) is 0.464. The summed E-state index contributed by atoms with van der Waals surface area (Å²) in [6.45, 7) is 2.26. The summed E-state index contributed by atoms with van der Waals surface area (Å²) in [7, 11) is 0. The molecule has 0 unspecified atom stereocenters. The summed E-state index contributed by atoms with van der Waals surface area (Å²) in [6, 6.07) is 11.0. The van der Waals surface area contributed by atoms with Crippen molar-refractivity contribution in [1.29, 1.82) is 0 Å². The van der Waals surface area contributed by atoms with E-state index >= 15 is 0 Å². The SMILES string of the molecule is Cc1cccc2oc(Nc3ccc(CC(=O)N4C[C@@H](F)C[C@H]4CO[C@H]4CC[C@H](C(=O)O)CC4)cc3Cl)nc12. The Bertz CT molecular complexity index is 1320. The van der Waals surface area contributed by atoms with Crippen LogP contribution in [0.3, 0.4) is 0 Å². The number of aryl methyl sites for hydroxylation is 1. The summed E-state index contributed by atoms with van der Waals surface area (Å²) >= 11 is 6.50. The number of oxazole rings is 1. The normalized spacial score (nSPS) is 23.6. The lowest BCUT2D eigenvalue weighted by molar-refractivity contribution is -0.144. The molecule has 1 saturated carbocycles. The van der Waals surface area contributed by atoms with Crippen LogP contribution in [0.25, 0.3) is 11.1 Å². The second-order valence-corrected chi connectivity index (χ2v) is 10.6. The van der Waals surface area contributed by atoms with Crippen molar-refractivity contribution in [2.24, 2.45) is 5.92 Å². The van der Waals surface area contributed by atoms with E-state index in [1.807, 2.05) is 25.1 Å². The standard InChI is InChI=1S/C28H31ClFN3O5/c1-16-3-2-4-24-26(16)32-28(38-24)31-23-10-5-17(11-22(23)29)12-25(34)33-14-19(30)13-20(33)15-37-21-8-6-18(7-9-21)27(35)36/h2-5,10-11,18-21H,6-9,12-15H2,1H3,(H,31,32)(H,35,36)/t18-,19-,20-,21-/m0/s1. The van der Waals surface area contributed by atoms with Gasteiger partial charge in [-0.15, -0.1) is 0 Å². The summed E-state index contributed by atoms with van der Waals surface area (Å²) in [5.41, 5.74) is 3.77. The molecule has 202 valence electrons. The average Bonchev–Trinajstić information content (AvgIpc) is 3.48. The van der Waals surface area contributed by atoms with Gasteiger partial charge >= 0.3 is 5.97 Å². The van der Waals surface area contributed by atoms with Gasteiger partial charge in [0.05, 0.1) is 48.3 Å². The van der Waals surface area contributed by atoms with Gasteiger partial charge < -0.3 is 24.5 Å². The highest BCUT2D eigenvalue weighted by atomic mass is 35.5. The second kappa shape index (κ2) is 11.3. The summed E-state index contributed by atoms with van der Waals surface area (Å²) < 4.78 is 26.1. The molecule has 5 rings (SSSR count). The van der Waals surface area contributed by atoms with Crippen molar-refractivity contribution in [3.63, 3.8) is 0 Å². The predicted octanol–water partition coefficient (Wildman–Crippen LogP) is 5.67. The first-order valence-electron chi connectivity index (χ1n) is 13.0. The van der Waals surface area contributed by atoms with Gasteiger partial charge in [0, 0.05) is 6.42 Å². The van der Waals surface area contributed by atoms with E-state index in [2.05, 4.69) is 10.3 Å². The van der Waals surface area contributed by atoms with Gasteiger partial charge in [0.15, 0.2) is 5.58 Å². The van der Waals surface area contributed by atoms with Crippen LogP contribution < -0.4 is 5.32 Å². The van der Waals surface area contributed by atoms with Crippen molar-refractivity contribution >= 4 is 46.3 Å². The quantitative estimate of drug-likeness (QED) is 0.377. The molecule has 2 aromatic carbocycles. The van der Waals surface area contributed by atoms with E-state index in [-0.39, 0.29) is 50.0 Å². The second-order valence-electron chi connectivity index (χ2n) is 10.2. The lowest BCUT2D eigenvalue weighted by atomic mass is 9.87. The number of fused-ring (bicyclic) bond motifs is 1. The Hall–Kier alpha value is -3.17. The van der Waals surface area contributed by atoms with Crippen molar-refractivity contribution in [3.05, 3.63) is 52.5 Å². The Kier molecular flexibility index (Phi) is 7.85. The zero-order valence-corrected chi connectivity index (χ0v) is 21.9. The van der Waals surface area contributed by atoms with Crippen LogP contribution in [-0.4, -0.2) is 58.3 Å². The smallest absolute Gasteiger partial charge is 0.306 e. The van der Waals surface area contributed by atoms with Crippen LogP contribution in [0.4, 0.5) is 16.1 Å². The van der Waals surface area contributed by atoms with Crippen molar-refractivity contribution in [2.45, 2.75) is 63.8 Å². The Morgan fingerprint density at radius 2 is 2.03 bits per heavy atom. The first-order chi connectivity index (χ1) is 18.3. The number of carboxylic acids is 1. The number of anilines is 2. The van der Waals surface area contributed by atoms with Crippen LogP contribution in [0, 0.1) is 12.8 Å². The fourth-order valence-electron chi connectivity index (χ4n) is 5.35. The first kappa shape index (κ1) is 26.4. The number of alkyl halides is 1. The third-order valence-electron chi connectivity index (χ3n) is 7.48. The lowest BCUT2D eigenvalue weighted by Crippen LogP contribution is -2.40. The van der Waals surface area contributed by atoms with Crippen LogP contribution in [-0.2, 0) is 20.7 Å². The summed E-state index contributed by atoms with van der Waals surface area (Å²) in [6.07, 6.45) is 1.68. The van der Waals surface area contributed by atoms with Crippen molar-refractivity contribution in [1.82, 2.24) is 9.88 Å². The van der Waals surface area contributed by atoms with E-state index in [0.29, 0.717) is 53.6 Å². The Morgan fingerprint density at radius 1 is 1.24 bits per heavy atom. The molecule has 0 radical (unpaired) electrons. The molecule has 2 atom stereocenters. The van der Waals surface area contributed by atoms with Crippen molar-refractivity contribution in [3.8, 4) is 0 Å². The minimum absolute atomic E-state index is 0.0448. The molecule has 2 heterocycles. The molecule has 1 aliphatic carbocycles. The van der Waals surface area contributed by atoms with E-state index in [4.69, 9.17) is 25.9 Å². The number of carbonyl (C=O) groups excluding carboxylic acids is 1. The third-order valence-corrected chi connectivity index (χ3v) is 7.80. The van der Waals surface area contributed by atoms with Gasteiger partial charge in [-0.25, -0.2) is 4.39 Å². The van der Waals surface area contributed by atoms with Gasteiger partial charge in [-0.3, -0.25) is 9.59 Å². The topological polar surface area (TPSA) is 105 Å². The Morgan fingerprint density at radius 3 is 2.74 bits per heavy atom. The molecule has 1 aliphatic heterocycles. The molecule has 2 aliphatic rings. The van der Waals surface area contributed by atoms with Crippen LogP contribution >= 0.6 is 11.6 Å². The van der Waals surface area contributed by atoms with Gasteiger partial charge in [0.1, 0.15) is 11.7 Å². The fourth-order valence-corrected chi connectivity index (χ4v) is 5.60. The lowest BCUT2D eigenvalue weighted by Gasteiger charge is -2.29. The minimum atomic E-state index is -1.09. The highest BCUT2D eigenvalue weighted by molar-refractivity contribution is 6.33. The molecule has 1 saturated heterocycles. The number of para-hydroxylation sites is 1. The minimum Gasteiger partial charge on any atom is -0.481 e. The number of rotatable bonds is 8. The van der Waals surface area contributed by atoms with Crippen LogP contribution in [0.2, 0.25) is 5.02 Å². The predicted molar refractivity (Wildman–Crippen MR) is 142 cm³/mol. The maximum absolute atomic E-state index is 14.3. The number of aromatic nitrogens is 1. The van der Waals surface area contributed by atoms with Crippen LogP contribution in [0.15, 0.2) is 40.8 Å². The van der Waals surface area contributed by atoms with Gasteiger partial charge in [-0.2, -0.15) is 4.98 Å². The summed E-state index contributed by atoms with van der Waals surface area (Å²) in [5.74, 6) is -1.26. The molecule has 10 heteroatoms. The number of nitrogens with zero attached hydrogens (tertiary/aromatic N) is 2. The first-order valence-corrected chi connectivity index (χ1v) is 13.3. The number of aliphatic carboxylic acids is 1. The average molecular weight is 544 g/mol. The van der Waals surface area contributed by atoms with E-state index < -0.39 is 12.1 Å². The Balaban J connectivity index is 1.17. The number of amides is 1. The Labute approximate surface area is 225 Å². The molecular weight excluding hydrogens is 513 g/mol. The molecule has 3 aromatic rings. The number of likely N-dealkylation sites (tertiary alicyclic amines) is 1. The maximum Gasteiger partial charge on any atom is 0.306 e. The van der Waals surface area contributed by atoms with Crippen molar-refractivity contribution < 1.29 is 28.2 Å². The number of carbonyl (C=O) groups is 2. The van der Waals surface area contributed by atoms with Gasteiger partial charge in [0.25, 0.3) is 6.01 Å². The summed E-state index contributed by atoms with van der Waals surface area (Å²) in [5, 5.41) is 12.7. The highest BCUT2D eigenvalue weighted by Gasteiger charge is 2.36. The number of halogens is 2. The van der Waals surface area contributed by atoms with Gasteiger partial charge in [0.2, 0.25) is 5.91 Å². The molecule has 38 heavy (non-hydrogen) atoms. The molecular formula is C28H31ClFN3O5. The summed E-state index contributed by atoms with van der Waals surface area (Å²) in [4.78, 5) is 30.3. The molecule has 8 nitrogen and oxygen atoms in total. The van der Waals surface area contributed by atoms with Crippen molar-refractivity contribution in [2.75, 3.05) is 18.5 Å². The number of ether oxygens (including phenoxy) is 1. The number of hydrogen-bond donors (Lipinski definition) is 2. The number of nitrogens with one attached hydrogen (secondary N) is 1. The number of hydrogen-bond acceptors (Lipinski definition) is 6. The van der Waals surface area contributed by atoms with Crippen LogP contribution in [0.1, 0.15) is 43.2 Å². The molecule has 0 bridgehead atoms. The van der Waals surface area contributed by atoms with E-state index in [0.717, 1.165) is 11.1 Å². The molecule has 2 N–H and O–H groups in total. The number of benzene rings is 2. The van der Waals surface area contributed by atoms with E-state index in [1.165, 1.54) is 0 Å².